The molecule has 0 radical (unpaired) electrons. The van der Waals surface area contributed by atoms with Crippen LogP contribution in [0, 0.1) is 11.7 Å². The van der Waals surface area contributed by atoms with Gasteiger partial charge in [-0.05, 0) is 18.9 Å². The van der Waals surface area contributed by atoms with E-state index in [4.69, 9.17) is 0 Å². The van der Waals surface area contributed by atoms with Gasteiger partial charge < -0.3 is 4.90 Å². The van der Waals surface area contributed by atoms with Crippen molar-refractivity contribution in [3.05, 3.63) is 48.0 Å². The van der Waals surface area contributed by atoms with Crippen LogP contribution in [-0.4, -0.2) is 45.4 Å². The minimum absolute atomic E-state index is 0.0720. The van der Waals surface area contributed by atoms with Crippen molar-refractivity contribution in [1.82, 2.24) is 30.7 Å². The highest BCUT2D eigenvalue weighted by atomic mass is 19.1. The van der Waals surface area contributed by atoms with E-state index in [2.05, 4.69) is 21.2 Å². The first kappa shape index (κ1) is 16.2. The van der Waals surface area contributed by atoms with Gasteiger partial charge in [0, 0.05) is 31.4 Å². The fourth-order valence-electron chi connectivity index (χ4n) is 3.75. The number of rotatable bonds is 3. The summed E-state index contributed by atoms with van der Waals surface area (Å²) in [5, 5.41) is 7.90. The molecule has 8 heteroatoms. The molecular formula is C17H21FN6O. The van der Waals surface area contributed by atoms with Crippen LogP contribution in [-0.2, 0) is 4.79 Å². The summed E-state index contributed by atoms with van der Waals surface area (Å²) in [6.07, 6.45) is 5.24. The van der Waals surface area contributed by atoms with E-state index in [1.54, 1.807) is 24.4 Å². The molecule has 2 unspecified atom stereocenters. The van der Waals surface area contributed by atoms with Crippen molar-refractivity contribution in [3.8, 4) is 0 Å². The molecule has 132 valence electrons. The Kier molecular flexibility index (Phi) is 4.46. The molecule has 1 aromatic heterocycles. The zero-order valence-electron chi connectivity index (χ0n) is 13.8. The minimum atomic E-state index is -0.346. The third-order valence-electron chi connectivity index (χ3n) is 5.13. The van der Waals surface area contributed by atoms with Gasteiger partial charge in [0.25, 0.3) is 0 Å². The quantitative estimate of drug-likeness (QED) is 0.870. The van der Waals surface area contributed by atoms with E-state index in [9.17, 15) is 9.18 Å². The number of nitrogens with one attached hydrogen (secondary N) is 2. The predicted molar refractivity (Wildman–Crippen MR) is 88.6 cm³/mol. The molecule has 4 rings (SSSR count). The summed E-state index contributed by atoms with van der Waals surface area (Å²) in [7, 11) is 0. The summed E-state index contributed by atoms with van der Waals surface area (Å²) in [5.74, 6) is -0.519. The molecule has 2 saturated heterocycles. The fraction of sp³-hybridized carbons (Fsp3) is 0.471. The molecule has 0 saturated carbocycles. The number of benzene rings is 1. The molecule has 3 heterocycles. The van der Waals surface area contributed by atoms with E-state index in [1.807, 2.05) is 15.8 Å². The smallest absolute Gasteiger partial charge is 0.229 e. The van der Waals surface area contributed by atoms with Crippen LogP contribution >= 0.6 is 0 Å². The number of likely N-dealkylation sites (tertiary alicyclic amines) is 1. The average Bonchev–Trinajstić information content (AvgIpc) is 3.34. The van der Waals surface area contributed by atoms with Crippen LogP contribution in [0.15, 0.2) is 36.7 Å². The molecule has 2 aliphatic rings. The summed E-state index contributed by atoms with van der Waals surface area (Å²) in [6.45, 7) is 1.87. The highest BCUT2D eigenvalue weighted by Crippen LogP contribution is 2.30. The van der Waals surface area contributed by atoms with Gasteiger partial charge in [-0.15, -0.1) is 5.10 Å². The summed E-state index contributed by atoms with van der Waals surface area (Å²) in [4.78, 5) is 14.9. The number of carbonyl (C=O) groups is 1. The lowest BCUT2D eigenvalue weighted by atomic mass is 9.92. The van der Waals surface area contributed by atoms with Gasteiger partial charge in [-0.2, -0.15) is 0 Å². The van der Waals surface area contributed by atoms with Crippen molar-refractivity contribution < 1.29 is 9.18 Å². The zero-order valence-corrected chi connectivity index (χ0v) is 13.8. The standard InChI is InChI=1S/C17H21FN6O/c18-15-4-2-1-3-13(15)16-14(11-20-21-16)17(25)23-8-5-12(6-9-23)24-10-7-19-22-24/h1-4,7,10,12,14,16,20-21H,5-6,8-9,11H2. The van der Waals surface area contributed by atoms with Gasteiger partial charge in [-0.3, -0.25) is 10.2 Å². The maximum atomic E-state index is 14.1. The molecule has 1 aromatic carbocycles. The Morgan fingerprint density at radius 2 is 2.04 bits per heavy atom. The van der Waals surface area contributed by atoms with E-state index >= 15 is 0 Å². The highest BCUT2D eigenvalue weighted by Gasteiger charge is 2.38. The first-order chi connectivity index (χ1) is 12.2. The van der Waals surface area contributed by atoms with Crippen LogP contribution in [0.4, 0.5) is 4.39 Å². The number of hydrogen-bond acceptors (Lipinski definition) is 5. The molecule has 2 N–H and O–H groups in total. The molecule has 0 spiro atoms. The first-order valence-corrected chi connectivity index (χ1v) is 8.61. The molecule has 0 aliphatic carbocycles. The van der Waals surface area contributed by atoms with Crippen molar-refractivity contribution in [2.24, 2.45) is 5.92 Å². The van der Waals surface area contributed by atoms with Crippen LogP contribution in [0.3, 0.4) is 0 Å². The van der Waals surface area contributed by atoms with Crippen molar-refractivity contribution in [2.75, 3.05) is 19.6 Å². The molecule has 1 amide bonds. The second-order valence-corrected chi connectivity index (χ2v) is 6.57. The first-order valence-electron chi connectivity index (χ1n) is 8.61. The molecule has 0 bridgehead atoms. The van der Waals surface area contributed by atoms with E-state index in [0.29, 0.717) is 25.2 Å². The average molecular weight is 344 g/mol. The maximum absolute atomic E-state index is 14.1. The molecule has 2 aromatic rings. The summed E-state index contributed by atoms with van der Waals surface area (Å²) in [6, 6.07) is 6.56. The van der Waals surface area contributed by atoms with Crippen LogP contribution < -0.4 is 10.9 Å². The minimum Gasteiger partial charge on any atom is -0.342 e. The lowest BCUT2D eigenvalue weighted by molar-refractivity contribution is -0.136. The van der Waals surface area contributed by atoms with Gasteiger partial charge in [0.1, 0.15) is 5.82 Å². The summed E-state index contributed by atoms with van der Waals surface area (Å²) in [5.41, 5.74) is 6.60. The number of piperidine rings is 1. The Hall–Kier alpha value is -2.32. The van der Waals surface area contributed by atoms with Crippen molar-refractivity contribution in [1.29, 1.82) is 0 Å². The molecule has 25 heavy (non-hydrogen) atoms. The van der Waals surface area contributed by atoms with Crippen molar-refractivity contribution >= 4 is 5.91 Å². The Balaban J connectivity index is 1.43. The number of aromatic nitrogens is 3. The van der Waals surface area contributed by atoms with Gasteiger partial charge in [-0.25, -0.2) is 14.5 Å². The number of nitrogens with zero attached hydrogens (tertiary/aromatic N) is 4. The fourth-order valence-corrected chi connectivity index (χ4v) is 3.75. The molecule has 7 nitrogen and oxygen atoms in total. The Bertz CT molecular complexity index is 728. The van der Waals surface area contributed by atoms with Gasteiger partial charge in [0.15, 0.2) is 0 Å². The van der Waals surface area contributed by atoms with Crippen molar-refractivity contribution in [3.63, 3.8) is 0 Å². The highest BCUT2D eigenvalue weighted by molar-refractivity contribution is 5.80. The number of hydrogen-bond donors (Lipinski definition) is 2. The molecule has 2 fully saturated rings. The third kappa shape index (κ3) is 3.14. The lowest BCUT2D eigenvalue weighted by Gasteiger charge is -2.34. The maximum Gasteiger partial charge on any atom is 0.229 e. The van der Waals surface area contributed by atoms with Crippen molar-refractivity contribution in [2.45, 2.75) is 24.9 Å². The Morgan fingerprint density at radius 3 is 2.76 bits per heavy atom. The number of hydrazine groups is 1. The van der Waals surface area contributed by atoms with Crippen LogP contribution in [0.5, 0.6) is 0 Å². The molecular weight excluding hydrogens is 323 g/mol. The molecule has 2 atom stereocenters. The van der Waals surface area contributed by atoms with Gasteiger partial charge in [0.2, 0.25) is 5.91 Å². The van der Waals surface area contributed by atoms with Crippen LogP contribution in [0.1, 0.15) is 30.5 Å². The van der Waals surface area contributed by atoms with Gasteiger partial charge in [0.05, 0.1) is 24.2 Å². The summed E-state index contributed by atoms with van der Waals surface area (Å²) >= 11 is 0. The SMILES string of the molecule is O=C(C1CNNC1c1ccccc1F)N1CCC(n2ccnn2)CC1. The van der Waals surface area contributed by atoms with Gasteiger partial charge >= 0.3 is 0 Å². The molecule has 2 aliphatic heterocycles. The monoisotopic (exact) mass is 344 g/mol. The van der Waals surface area contributed by atoms with E-state index < -0.39 is 0 Å². The Morgan fingerprint density at radius 1 is 1.24 bits per heavy atom. The lowest BCUT2D eigenvalue weighted by Crippen LogP contribution is -2.44. The van der Waals surface area contributed by atoms with E-state index in [-0.39, 0.29) is 29.7 Å². The topological polar surface area (TPSA) is 75.1 Å². The van der Waals surface area contributed by atoms with Crippen LogP contribution in [0.2, 0.25) is 0 Å². The normalized spacial score (nSPS) is 24.6. The number of amides is 1. The predicted octanol–water partition coefficient (Wildman–Crippen LogP) is 1.05. The number of halogens is 1. The second kappa shape index (κ2) is 6.89. The third-order valence-corrected chi connectivity index (χ3v) is 5.13. The van der Waals surface area contributed by atoms with Gasteiger partial charge in [-0.1, -0.05) is 23.4 Å². The zero-order chi connectivity index (χ0) is 17.2. The summed E-state index contributed by atoms with van der Waals surface area (Å²) < 4.78 is 16.0. The van der Waals surface area contributed by atoms with E-state index in [1.165, 1.54) is 6.07 Å². The Labute approximate surface area is 145 Å². The van der Waals surface area contributed by atoms with E-state index in [0.717, 1.165) is 12.8 Å². The second-order valence-electron chi connectivity index (χ2n) is 6.57. The van der Waals surface area contributed by atoms with Crippen LogP contribution in [0.25, 0.3) is 0 Å². The largest absolute Gasteiger partial charge is 0.342 e. The number of carbonyl (C=O) groups excluding carboxylic acids is 1.